The number of hydrogen-bond donors (Lipinski definition) is 1. The summed E-state index contributed by atoms with van der Waals surface area (Å²) in [4.78, 5) is 20.2. The highest BCUT2D eigenvalue weighted by Gasteiger charge is 2.13. The molecule has 0 saturated carbocycles. The maximum Gasteiger partial charge on any atom is 0.260 e. The van der Waals surface area contributed by atoms with Crippen LogP contribution in [0.25, 0.3) is 0 Å². The molecule has 0 unspecified atom stereocenters. The predicted molar refractivity (Wildman–Crippen MR) is 64.0 cm³/mol. The van der Waals surface area contributed by atoms with Crippen LogP contribution in [0.1, 0.15) is 28.8 Å². The predicted octanol–water partition coefficient (Wildman–Crippen LogP) is 1.45. The van der Waals surface area contributed by atoms with Crippen LogP contribution >= 0.6 is 11.3 Å². The van der Waals surface area contributed by atoms with Crippen LogP contribution in [0.2, 0.25) is 0 Å². The third kappa shape index (κ3) is 2.62. The first-order valence-corrected chi connectivity index (χ1v) is 5.98. The van der Waals surface area contributed by atoms with Gasteiger partial charge in [-0.25, -0.2) is 9.97 Å². The van der Waals surface area contributed by atoms with E-state index >= 15 is 0 Å². The molecule has 0 aromatic carbocycles. The Morgan fingerprint density at radius 1 is 1.53 bits per heavy atom. The van der Waals surface area contributed by atoms with Gasteiger partial charge in [-0.2, -0.15) is 0 Å². The van der Waals surface area contributed by atoms with Crippen molar-refractivity contribution in [2.45, 2.75) is 20.3 Å². The van der Waals surface area contributed by atoms with E-state index < -0.39 is 0 Å². The van der Waals surface area contributed by atoms with E-state index in [9.17, 15) is 4.79 Å². The summed E-state index contributed by atoms with van der Waals surface area (Å²) in [6.45, 7) is 3.75. The molecule has 2 rings (SSSR count). The van der Waals surface area contributed by atoms with Crippen molar-refractivity contribution in [3.8, 4) is 0 Å². The summed E-state index contributed by atoms with van der Waals surface area (Å²) >= 11 is 1.27. The summed E-state index contributed by atoms with van der Waals surface area (Å²) in [6, 6.07) is 0. The van der Waals surface area contributed by atoms with Crippen LogP contribution in [0.15, 0.2) is 11.7 Å². The van der Waals surface area contributed by atoms with E-state index in [0.717, 1.165) is 5.69 Å². The molecule has 17 heavy (non-hydrogen) atoms. The van der Waals surface area contributed by atoms with Gasteiger partial charge in [-0.15, -0.1) is 10.2 Å². The monoisotopic (exact) mass is 249 g/mol. The first kappa shape index (κ1) is 11.6. The second-order valence-corrected chi connectivity index (χ2v) is 4.16. The lowest BCUT2D eigenvalue weighted by molar-refractivity contribution is 0.102. The minimum atomic E-state index is -0.251. The smallest absolute Gasteiger partial charge is 0.260 e. The van der Waals surface area contributed by atoms with Crippen molar-refractivity contribution < 1.29 is 4.79 Å². The van der Waals surface area contributed by atoms with E-state index in [1.807, 2.05) is 6.92 Å². The van der Waals surface area contributed by atoms with E-state index in [0.29, 0.717) is 22.9 Å². The summed E-state index contributed by atoms with van der Waals surface area (Å²) < 4.78 is 0. The van der Waals surface area contributed by atoms with E-state index in [4.69, 9.17) is 0 Å². The highest BCUT2D eigenvalue weighted by molar-refractivity contribution is 7.13. The van der Waals surface area contributed by atoms with Crippen LogP contribution in [0.4, 0.5) is 5.13 Å². The second-order valence-electron chi connectivity index (χ2n) is 3.33. The maximum absolute atomic E-state index is 12.0. The Hall–Kier alpha value is -1.89. The molecule has 7 heteroatoms. The minimum Gasteiger partial charge on any atom is -0.296 e. The molecule has 2 heterocycles. The number of anilines is 1. The van der Waals surface area contributed by atoms with Crippen LogP contribution in [0.5, 0.6) is 0 Å². The number of amides is 1. The van der Waals surface area contributed by atoms with Gasteiger partial charge in [0.25, 0.3) is 5.91 Å². The molecule has 0 fully saturated rings. The maximum atomic E-state index is 12.0. The molecule has 0 aliphatic rings. The highest BCUT2D eigenvalue weighted by atomic mass is 32.1. The quantitative estimate of drug-likeness (QED) is 0.890. The molecule has 2 aromatic rings. The standard InChI is InChI=1S/C10H11N5OS/c1-3-8-7(4-11-6(2)13-8)9(16)14-10-15-12-5-17-10/h4-5H,3H2,1-2H3,(H,14,15,16). The molecule has 0 spiro atoms. The normalized spacial score (nSPS) is 10.2. The number of hydrogen-bond acceptors (Lipinski definition) is 6. The Balaban J connectivity index is 2.24. The number of nitrogens with one attached hydrogen (secondary N) is 1. The third-order valence-electron chi connectivity index (χ3n) is 2.15. The molecule has 0 bridgehead atoms. The van der Waals surface area contributed by atoms with Gasteiger partial charge in [-0.05, 0) is 13.3 Å². The number of aryl methyl sites for hydroxylation is 2. The number of carbonyl (C=O) groups is 1. The average molecular weight is 249 g/mol. The fourth-order valence-corrected chi connectivity index (χ4v) is 1.81. The van der Waals surface area contributed by atoms with Crippen molar-refractivity contribution in [1.82, 2.24) is 20.2 Å². The van der Waals surface area contributed by atoms with Crippen molar-refractivity contribution in [3.05, 3.63) is 28.8 Å². The van der Waals surface area contributed by atoms with Gasteiger partial charge in [-0.3, -0.25) is 10.1 Å². The number of nitrogens with zero attached hydrogens (tertiary/aromatic N) is 4. The van der Waals surface area contributed by atoms with Crippen LogP contribution in [0, 0.1) is 6.92 Å². The zero-order chi connectivity index (χ0) is 12.3. The lowest BCUT2D eigenvalue weighted by Gasteiger charge is -2.06. The van der Waals surface area contributed by atoms with Gasteiger partial charge >= 0.3 is 0 Å². The molecule has 2 aromatic heterocycles. The van der Waals surface area contributed by atoms with E-state index in [1.165, 1.54) is 17.5 Å². The Bertz CT molecular complexity index is 525. The summed E-state index contributed by atoms with van der Waals surface area (Å²) in [7, 11) is 0. The minimum absolute atomic E-state index is 0.251. The summed E-state index contributed by atoms with van der Waals surface area (Å²) in [5.74, 6) is 0.410. The molecule has 0 atom stereocenters. The molecule has 1 amide bonds. The lowest BCUT2D eigenvalue weighted by atomic mass is 10.2. The molecular formula is C10H11N5OS. The molecular weight excluding hydrogens is 238 g/mol. The molecule has 1 N–H and O–H groups in total. The van der Waals surface area contributed by atoms with Crippen molar-refractivity contribution in [3.63, 3.8) is 0 Å². The van der Waals surface area contributed by atoms with E-state index in [1.54, 1.807) is 12.4 Å². The first-order chi connectivity index (χ1) is 8.20. The Kier molecular flexibility index (Phi) is 3.38. The van der Waals surface area contributed by atoms with Crippen molar-refractivity contribution >= 4 is 22.4 Å². The van der Waals surface area contributed by atoms with Gasteiger partial charge in [0.05, 0.1) is 11.3 Å². The molecule has 0 aliphatic carbocycles. The zero-order valence-corrected chi connectivity index (χ0v) is 10.3. The van der Waals surface area contributed by atoms with Gasteiger partial charge in [0.1, 0.15) is 11.3 Å². The van der Waals surface area contributed by atoms with Crippen LogP contribution in [0.3, 0.4) is 0 Å². The fourth-order valence-electron chi connectivity index (χ4n) is 1.37. The molecule has 0 aliphatic heterocycles. The van der Waals surface area contributed by atoms with Crippen molar-refractivity contribution in [1.29, 1.82) is 0 Å². The number of rotatable bonds is 3. The topological polar surface area (TPSA) is 80.7 Å². The van der Waals surface area contributed by atoms with Gasteiger partial charge in [0, 0.05) is 6.20 Å². The van der Waals surface area contributed by atoms with E-state index in [-0.39, 0.29) is 5.91 Å². The second kappa shape index (κ2) is 4.96. The molecule has 88 valence electrons. The Morgan fingerprint density at radius 3 is 3.00 bits per heavy atom. The summed E-state index contributed by atoms with van der Waals surface area (Å²) in [6.07, 6.45) is 2.22. The van der Waals surface area contributed by atoms with Crippen LogP contribution < -0.4 is 5.32 Å². The average Bonchev–Trinajstić information content (AvgIpc) is 2.81. The van der Waals surface area contributed by atoms with Gasteiger partial charge in [0.15, 0.2) is 0 Å². The third-order valence-corrected chi connectivity index (χ3v) is 2.75. The Morgan fingerprint density at radius 2 is 2.35 bits per heavy atom. The van der Waals surface area contributed by atoms with Crippen molar-refractivity contribution in [2.24, 2.45) is 0 Å². The summed E-state index contributed by atoms with van der Waals surface area (Å²) in [5, 5.41) is 10.5. The van der Waals surface area contributed by atoms with Gasteiger partial charge in [-0.1, -0.05) is 18.3 Å². The zero-order valence-electron chi connectivity index (χ0n) is 9.47. The van der Waals surface area contributed by atoms with Crippen molar-refractivity contribution in [2.75, 3.05) is 5.32 Å². The van der Waals surface area contributed by atoms with E-state index in [2.05, 4.69) is 25.5 Å². The largest absolute Gasteiger partial charge is 0.296 e. The SMILES string of the molecule is CCc1nc(C)ncc1C(=O)Nc1nncs1. The molecule has 0 saturated heterocycles. The van der Waals surface area contributed by atoms with Gasteiger partial charge < -0.3 is 0 Å². The number of aromatic nitrogens is 4. The van der Waals surface area contributed by atoms with Crippen LogP contribution in [-0.4, -0.2) is 26.1 Å². The van der Waals surface area contributed by atoms with Gasteiger partial charge in [0.2, 0.25) is 5.13 Å². The highest BCUT2D eigenvalue weighted by Crippen LogP contribution is 2.12. The Labute approximate surface area is 102 Å². The molecule has 6 nitrogen and oxygen atoms in total. The van der Waals surface area contributed by atoms with Crippen LogP contribution in [-0.2, 0) is 6.42 Å². The first-order valence-electron chi connectivity index (χ1n) is 5.10. The fraction of sp³-hybridized carbons (Fsp3) is 0.300. The molecule has 0 radical (unpaired) electrons. The lowest BCUT2D eigenvalue weighted by Crippen LogP contribution is -2.16. The summed E-state index contributed by atoms with van der Waals surface area (Å²) in [5.41, 5.74) is 2.77. The number of carbonyl (C=O) groups excluding carboxylic acids is 1.